The summed E-state index contributed by atoms with van der Waals surface area (Å²) in [4.78, 5) is 24.7. The predicted octanol–water partition coefficient (Wildman–Crippen LogP) is 2.71. The molecule has 0 saturated carbocycles. The molecule has 1 aliphatic rings. The van der Waals surface area contributed by atoms with Crippen LogP contribution in [0.4, 0.5) is 10.5 Å². The molecule has 1 atom stereocenters. The lowest BCUT2D eigenvalue weighted by atomic mass is 10.2. The van der Waals surface area contributed by atoms with Crippen LogP contribution in [0.2, 0.25) is 0 Å². The van der Waals surface area contributed by atoms with Crippen molar-refractivity contribution in [1.29, 1.82) is 0 Å². The molecule has 2 aromatic rings. The van der Waals surface area contributed by atoms with E-state index in [9.17, 15) is 9.59 Å². The van der Waals surface area contributed by atoms with Gasteiger partial charge in [-0.1, -0.05) is 36.4 Å². The average molecular weight is 353 g/mol. The fourth-order valence-electron chi connectivity index (χ4n) is 2.54. The Hall–Kier alpha value is -3.35. The smallest absolute Gasteiger partial charge is 0.408 e. The first-order chi connectivity index (χ1) is 12.6. The Kier molecular flexibility index (Phi) is 5.17. The van der Waals surface area contributed by atoms with Crippen molar-refractivity contribution in [3.8, 4) is 5.75 Å². The Labute approximate surface area is 151 Å². The highest BCUT2D eigenvalue weighted by atomic mass is 16.5. The van der Waals surface area contributed by atoms with Gasteiger partial charge in [0.2, 0.25) is 0 Å². The Balaban J connectivity index is 1.63. The summed E-state index contributed by atoms with van der Waals surface area (Å²) in [6, 6.07) is 15.4. The number of hydrogen-bond donors (Lipinski definition) is 1. The number of carbonyl (C=O) groups excluding carboxylic acids is 2. The van der Waals surface area contributed by atoms with Crippen LogP contribution < -0.4 is 15.1 Å². The number of hydrazone groups is 1. The Morgan fingerprint density at radius 3 is 2.69 bits per heavy atom. The number of alkyl carbamates (subject to hydrolysis) is 1. The second-order valence-electron chi connectivity index (χ2n) is 5.73. The molecule has 0 aliphatic carbocycles. The van der Waals surface area contributed by atoms with Gasteiger partial charge in [0.15, 0.2) is 6.04 Å². The van der Waals surface area contributed by atoms with E-state index in [0.29, 0.717) is 17.1 Å². The maximum atomic E-state index is 12.6. The molecule has 0 fully saturated rings. The number of carbonyl (C=O) groups is 2. The molecule has 26 heavy (non-hydrogen) atoms. The molecule has 2 amide bonds. The number of nitrogens with one attached hydrogen (secondary N) is 1. The minimum Gasteiger partial charge on any atom is -0.497 e. The molecule has 0 radical (unpaired) electrons. The van der Waals surface area contributed by atoms with E-state index in [2.05, 4.69) is 10.4 Å². The summed E-state index contributed by atoms with van der Waals surface area (Å²) < 4.78 is 10.3. The number of nitrogens with zero attached hydrogens (tertiary/aromatic N) is 2. The third-order valence-corrected chi connectivity index (χ3v) is 3.90. The van der Waals surface area contributed by atoms with Gasteiger partial charge < -0.3 is 14.8 Å². The molecular weight excluding hydrogens is 334 g/mol. The standard InChI is InChI=1S/C19H19N3O4/c1-13-17(20-19(24)26-12-14-7-4-3-5-8-14)18(23)22(21-13)15-9-6-10-16(11-15)25-2/h3-11,17H,12H2,1-2H3,(H,20,24). The number of amides is 2. The molecule has 1 aliphatic heterocycles. The summed E-state index contributed by atoms with van der Waals surface area (Å²) in [7, 11) is 1.55. The second kappa shape index (κ2) is 7.69. The number of benzene rings is 2. The summed E-state index contributed by atoms with van der Waals surface area (Å²) in [5.41, 5.74) is 1.91. The van der Waals surface area contributed by atoms with Gasteiger partial charge in [-0.15, -0.1) is 0 Å². The zero-order valence-corrected chi connectivity index (χ0v) is 14.5. The Bertz CT molecular complexity index is 836. The first-order valence-electron chi connectivity index (χ1n) is 8.09. The number of methoxy groups -OCH3 is 1. The molecule has 7 heteroatoms. The van der Waals surface area contributed by atoms with Crippen LogP contribution in [-0.4, -0.2) is 30.9 Å². The largest absolute Gasteiger partial charge is 0.497 e. The number of ether oxygens (including phenoxy) is 2. The molecule has 0 spiro atoms. The highest BCUT2D eigenvalue weighted by molar-refractivity contribution is 6.19. The zero-order chi connectivity index (χ0) is 18.5. The van der Waals surface area contributed by atoms with Crippen LogP contribution in [0.15, 0.2) is 59.7 Å². The quantitative estimate of drug-likeness (QED) is 0.896. The van der Waals surface area contributed by atoms with Gasteiger partial charge in [-0.25, -0.2) is 4.79 Å². The second-order valence-corrected chi connectivity index (χ2v) is 5.73. The van der Waals surface area contributed by atoms with E-state index in [1.54, 1.807) is 38.3 Å². The summed E-state index contributed by atoms with van der Waals surface area (Å²) >= 11 is 0. The summed E-state index contributed by atoms with van der Waals surface area (Å²) in [5, 5.41) is 8.06. The number of hydrogen-bond acceptors (Lipinski definition) is 5. The number of rotatable bonds is 5. The van der Waals surface area contributed by atoms with Crippen LogP contribution in [-0.2, 0) is 16.1 Å². The van der Waals surface area contributed by atoms with E-state index in [4.69, 9.17) is 9.47 Å². The van der Waals surface area contributed by atoms with Gasteiger partial charge in [0, 0.05) is 6.07 Å². The maximum absolute atomic E-state index is 12.6. The van der Waals surface area contributed by atoms with Gasteiger partial charge in [-0.3, -0.25) is 4.79 Å². The van der Waals surface area contributed by atoms with Crippen molar-refractivity contribution in [2.24, 2.45) is 5.10 Å². The molecule has 0 bridgehead atoms. The normalized spacial score (nSPS) is 16.2. The summed E-state index contributed by atoms with van der Waals surface area (Å²) in [6.45, 7) is 1.81. The highest BCUT2D eigenvalue weighted by Crippen LogP contribution is 2.25. The molecule has 134 valence electrons. The molecular formula is C19H19N3O4. The topological polar surface area (TPSA) is 80.2 Å². The van der Waals surface area contributed by atoms with Gasteiger partial charge in [0.1, 0.15) is 12.4 Å². The van der Waals surface area contributed by atoms with Crippen LogP contribution >= 0.6 is 0 Å². The number of anilines is 1. The first-order valence-corrected chi connectivity index (χ1v) is 8.09. The summed E-state index contributed by atoms with van der Waals surface area (Å²) in [5.74, 6) is 0.259. The molecule has 7 nitrogen and oxygen atoms in total. The van der Waals surface area contributed by atoms with Crippen LogP contribution in [0, 0.1) is 0 Å². The van der Waals surface area contributed by atoms with Crippen molar-refractivity contribution >= 4 is 23.4 Å². The summed E-state index contributed by atoms with van der Waals surface area (Å²) in [6.07, 6.45) is -0.672. The third kappa shape index (κ3) is 3.83. The molecule has 1 heterocycles. The van der Waals surface area contributed by atoms with Gasteiger partial charge >= 0.3 is 6.09 Å². The van der Waals surface area contributed by atoms with Crippen LogP contribution in [0.3, 0.4) is 0 Å². The first kappa shape index (κ1) is 17.5. The molecule has 1 N–H and O–H groups in total. The van der Waals surface area contributed by atoms with Gasteiger partial charge in [-0.05, 0) is 24.6 Å². The lowest BCUT2D eigenvalue weighted by molar-refractivity contribution is -0.118. The van der Waals surface area contributed by atoms with E-state index < -0.39 is 12.1 Å². The third-order valence-electron chi connectivity index (χ3n) is 3.90. The lowest BCUT2D eigenvalue weighted by Gasteiger charge is -2.16. The Morgan fingerprint density at radius 2 is 1.96 bits per heavy atom. The monoisotopic (exact) mass is 353 g/mol. The van der Waals surface area contributed by atoms with E-state index >= 15 is 0 Å². The van der Waals surface area contributed by atoms with E-state index in [1.807, 2.05) is 30.3 Å². The van der Waals surface area contributed by atoms with E-state index in [0.717, 1.165) is 5.56 Å². The van der Waals surface area contributed by atoms with Crippen molar-refractivity contribution in [1.82, 2.24) is 5.32 Å². The van der Waals surface area contributed by atoms with Crippen molar-refractivity contribution in [3.63, 3.8) is 0 Å². The minimum atomic E-state index is -0.857. The zero-order valence-electron chi connectivity index (χ0n) is 14.5. The minimum absolute atomic E-state index is 0.128. The molecule has 0 aromatic heterocycles. The lowest BCUT2D eigenvalue weighted by Crippen LogP contribution is -2.46. The van der Waals surface area contributed by atoms with Gasteiger partial charge in [0.25, 0.3) is 5.91 Å². The van der Waals surface area contributed by atoms with Crippen molar-refractivity contribution in [2.75, 3.05) is 12.1 Å². The molecule has 2 aromatic carbocycles. The van der Waals surface area contributed by atoms with Crippen molar-refractivity contribution in [3.05, 3.63) is 60.2 Å². The average Bonchev–Trinajstić information content (AvgIpc) is 2.95. The molecule has 1 unspecified atom stereocenters. The predicted molar refractivity (Wildman–Crippen MR) is 97.1 cm³/mol. The SMILES string of the molecule is COc1cccc(N2N=C(C)C(NC(=O)OCc3ccccc3)C2=O)c1. The van der Waals surface area contributed by atoms with Crippen LogP contribution in [0.25, 0.3) is 0 Å². The van der Waals surface area contributed by atoms with Crippen LogP contribution in [0.5, 0.6) is 5.75 Å². The van der Waals surface area contributed by atoms with E-state index in [1.165, 1.54) is 5.01 Å². The highest BCUT2D eigenvalue weighted by Gasteiger charge is 2.36. The fourth-order valence-corrected chi connectivity index (χ4v) is 2.54. The maximum Gasteiger partial charge on any atom is 0.408 e. The van der Waals surface area contributed by atoms with Gasteiger partial charge in [0.05, 0.1) is 18.5 Å². The fraction of sp³-hybridized carbons (Fsp3) is 0.211. The van der Waals surface area contributed by atoms with Gasteiger partial charge in [-0.2, -0.15) is 10.1 Å². The Morgan fingerprint density at radius 1 is 1.19 bits per heavy atom. The molecule has 0 saturated heterocycles. The van der Waals surface area contributed by atoms with E-state index in [-0.39, 0.29) is 12.5 Å². The van der Waals surface area contributed by atoms with Crippen LogP contribution in [0.1, 0.15) is 12.5 Å². The van der Waals surface area contributed by atoms with Crippen molar-refractivity contribution < 1.29 is 19.1 Å². The van der Waals surface area contributed by atoms with Crippen molar-refractivity contribution in [2.45, 2.75) is 19.6 Å². The molecule has 3 rings (SSSR count).